The van der Waals surface area contributed by atoms with Crippen LogP contribution in [-0.4, -0.2) is 38.7 Å². The first-order chi connectivity index (χ1) is 8.00. The minimum absolute atomic E-state index is 0.228. The molecule has 1 aliphatic heterocycles. The summed E-state index contributed by atoms with van der Waals surface area (Å²) in [5, 5.41) is 13.1. The molecule has 1 aliphatic rings. The Kier molecular flexibility index (Phi) is 3.15. The Morgan fingerprint density at radius 1 is 1.71 bits per heavy atom. The lowest BCUT2D eigenvalue weighted by Gasteiger charge is -2.43. The first-order valence-electron chi connectivity index (χ1n) is 5.73. The molecule has 0 aliphatic carbocycles. The molecule has 2 heterocycles. The number of aromatic nitrogens is 2. The van der Waals surface area contributed by atoms with Gasteiger partial charge in [0.15, 0.2) is 5.82 Å². The molecule has 1 N–H and O–H groups in total. The van der Waals surface area contributed by atoms with Crippen molar-refractivity contribution in [3.05, 3.63) is 12.2 Å². The molecule has 0 bridgehead atoms. The Labute approximate surface area is 99.6 Å². The molecule has 1 atom stereocenters. The predicted molar refractivity (Wildman–Crippen MR) is 59.1 cm³/mol. The minimum atomic E-state index is -0.779. The molecule has 1 saturated heterocycles. The van der Waals surface area contributed by atoms with E-state index in [0.717, 1.165) is 19.4 Å². The standard InChI is InChI=1S/C11H17N3O3/c1-11(2)4-3-5-14(9(11)10(15)16)6-8-12-7-17-13-8/h7,9H,3-6H2,1-2H3,(H,15,16). The highest BCUT2D eigenvalue weighted by molar-refractivity contribution is 5.74. The van der Waals surface area contributed by atoms with E-state index < -0.39 is 12.0 Å². The highest BCUT2D eigenvalue weighted by atomic mass is 16.5. The number of nitrogens with zero attached hydrogens (tertiary/aromatic N) is 3. The van der Waals surface area contributed by atoms with Crippen molar-refractivity contribution in [2.75, 3.05) is 6.54 Å². The smallest absolute Gasteiger partial charge is 0.321 e. The van der Waals surface area contributed by atoms with Crippen molar-refractivity contribution in [2.24, 2.45) is 5.41 Å². The van der Waals surface area contributed by atoms with Crippen molar-refractivity contribution in [1.82, 2.24) is 15.0 Å². The molecule has 1 aromatic rings. The number of carboxylic acid groups (broad SMARTS) is 1. The largest absolute Gasteiger partial charge is 0.480 e. The third-order valence-electron chi connectivity index (χ3n) is 3.36. The maximum Gasteiger partial charge on any atom is 0.321 e. The van der Waals surface area contributed by atoms with Crippen molar-refractivity contribution in [3.8, 4) is 0 Å². The predicted octanol–water partition coefficient (Wildman–Crippen LogP) is 1.14. The van der Waals surface area contributed by atoms with E-state index in [0.29, 0.717) is 12.4 Å². The molecule has 0 amide bonds. The zero-order chi connectivity index (χ0) is 12.5. The van der Waals surface area contributed by atoms with E-state index >= 15 is 0 Å². The average Bonchev–Trinajstić information content (AvgIpc) is 2.68. The van der Waals surface area contributed by atoms with Gasteiger partial charge in [-0.25, -0.2) is 0 Å². The number of piperidine rings is 1. The van der Waals surface area contributed by atoms with Gasteiger partial charge in [-0.2, -0.15) is 4.98 Å². The monoisotopic (exact) mass is 239 g/mol. The van der Waals surface area contributed by atoms with E-state index in [2.05, 4.69) is 14.7 Å². The van der Waals surface area contributed by atoms with Crippen molar-refractivity contribution in [2.45, 2.75) is 39.3 Å². The number of hydrogen-bond donors (Lipinski definition) is 1. The Morgan fingerprint density at radius 2 is 2.47 bits per heavy atom. The Bertz CT molecular complexity index is 389. The fraction of sp³-hybridized carbons (Fsp3) is 0.727. The number of rotatable bonds is 3. The van der Waals surface area contributed by atoms with Crippen molar-refractivity contribution in [1.29, 1.82) is 0 Å². The van der Waals surface area contributed by atoms with Gasteiger partial charge in [0.2, 0.25) is 6.39 Å². The lowest BCUT2D eigenvalue weighted by Crippen LogP contribution is -2.53. The lowest BCUT2D eigenvalue weighted by atomic mass is 9.76. The van der Waals surface area contributed by atoms with Crippen LogP contribution in [0, 0.1) is 5.41 Å². The van der Waals surface area contributed by atoms with Gasteiger partial charge < -0.3 is 9.63 Å². The quantitative estimate of drug-likeness (QED) is 0.852. The second-order valence-corrected chi connectivity index (χ2v) is 5.15. The summed E-state index contributed by atoms with van der Waals surface area (Å²) in [4.78, 5) is 17.3. The van der Waals surface area contributed by atoms with Crippen LogP contribution < -0.4 is 0 Å². The SMILES string of the molecule is CC1(C)CCCN(Cc2ncon2)C1C(=O)O. The van der Waals surface area contributed by atoms with Gasteiger partial charge in [-0.15, -0.1) is 0 Å². The normalized spacial score (nSPS) is 24.7. The van der Waals surface area contributed by atoms with E-state index in [1.807, 2.05) is 18.7 Å². The molecule has 6 nitrogen and oxygen atoms in total. The second-order valence-electron chi connectivity index (χ2n) is 5.15. The van der Waals surface area contributed by atoms with E-state index in [-0.39, 0.29) is 5.41 Å². The summed E-state index contributed by atoms with van der Waals surface area (Å²) < 4.78 is 4.67. The number of carboxylic acids is 1. The zero-order valence-corrected chi connectivity index (χ0v) is 10.1. The van der Waals surface area contributed by atoms with Crippen molar-refractivity contribution >= 4 is 5.97 Å². The number of carbonyl (C=O) groups is 1. The van der Waals surface area contributed by atoms with Gasteiger partial charge in [0.25, 0.3) is 0 Å². The summed E-state index contributed by atoms with van der Waals surface area (Å²) in [6.07, 6.45) is 3.18. The molecule has 0 saturated carbocycles. The Balaban J connectivity index is 2.16. The number of likely N-dealkylation sites (tertiary alicyclic amines) is 1. The average molecular weight is 239 g/mol. The van der Waals surface area contributed by atoms with E-state index in [9.17, 15) is 9.90 Å². The highest BCUT2D eigenvalue weighted by Crippen LogP contribution is 2.35. The first kappa shape index (κ1) is 12.0. The molecule has 0 aromatic carbocycles. The summed E-state index contributed by atoms with van der Waals surface area (Å²) in [6, 6.07) is -0.491. The third kappa shape index (κ3) is 2.46. The Morgan fingerprint density at radius 3 is 3.06 bits per heavy atom. The van der Waals surface area contributed by atoms with Gasteiger partial charge in [0.05, 0.1) is 6.54 Å². The van der Waals surface area contributed by atoms with Gasteiger partial charge in [-0.1, -0.05) is 19.0 Å². The molecule has 0 radical (unpaired) electrons. The maximum atomic E-state index is 11.4. The van der Waals surface area contributed by atoms with Crippen LogP contribution in [0.3, 0.4) is 0 Å². The maximum absolute atomic E-state index is 11.4. The van der Waals surface area contributed by atoms with Crippen LogP contribution in [0.15, 0.2) is 10.9 Å². The molecule has 1 unspecified atom stereocenters. The molecule has 6 heteroatoms. The molecular weight excluding hydrogens is 222 g/mol. The van der Waals surface area contributed by atoms with Gasteiger partial charge >= 0.3 is 5.97 Å². The van der Waals surface area contributed by atoms with E-state index in [1.165, 1.54) is 6.39 Å². The number of hydrogen-bond acceptors (Lipinski definition) is 5. The summed E-state index contributed by atoms with van der Waals surface area (Å²) in [7, 11) is 0. The highest BCUT2D eigenvalue weighted by Gasteiger charge is 2.42. The third-order valence-corrected chi connectivity index (χ3v) is 3.36. The fourth-order valence-electron chi connectivity index (χ4n) is 2.60. The van der Waals surface area contributed by atoms with Crippen molar-refractivity contribution < 1.29 is 14.4 Å². The van der Waals surface area contributed by atoms with Crippen LogP contribution in [-0.2, 0) is 11.3 Å². The van der Waals surface area contributed by atoms with Gasteiger partial charge in [0, 0.05) is 0 Å². The number of aliphatic carboxylic acids is 1. The van der Waals surface area contributed by atoms with Crippen LogP contribution >= 0.6 is 0 Å². The second kappa shape index (κ2) is 4.44. The molecule has 1 aromatic heterocycles. The Hall–Kier alpha value is -1.43. The summed E-state index contributed by atoms with van der Waals surface area (Å²) >= 11 is 0. The summed E-state index contributed by atoms with van der Waals surface area (Å²) in [5.41, 5.74) is -0.228. The van der Waals surface area contributed by atoms with Gasteiger partial charge in [-0.05, 0) is 24.8 Å². The van der Waals surface area contributed by atoms with E-state index in [1.54, 1.807) is 0 Å². The van der Waals surface area contributed by atoms with Gasteiger partial charge in [-0.3, -0.25) is 9.69 Å². The van der Waals surface area contributed by atoms with Crippen LogP contribution in [0.25, 0.3) is 0 Å². The van der Waals surface area contributed by atoms with Crippen LogP contribution in [0.1, 0.15) is 32.5 Å². The van der Waals surface area contributed by atoms with Crippen LogP contribution in [0.4, 0.5) is 0 Å². The molecular formula is C11H17N3O3. The summed E-state index contributed by atoms with van der Waals surface area (Å²) in [6.45, 7) is 5.17. The topological polar surface area (TPSA) is 79.5 Å². The van der Waals surface area contributed by atoms with Crippen molar-refractivity contribution in [3.63, 3.8) is 0 Å². The summed E-state index contributed by atoms with van der Waals surface area (Å²) in [5.74, 6) is -0.243. The minimum Gasteiger partial charge on any atom is -0.480 e. The van der Waals surface area contributed by atoms with Gasteiger partial charge in [0.1, 0.15) is 6.04 Å². The van der Waals surface area contributed by atoms with Crippen LogP contribution in [0.5, 0.6) is 0 Å². The molecule has 0 spiro atoms. The fourth-order valence-corrected chi connectivity index (χ4v) is 2.60. The van der Waals surface area contributed by atoms with Crippen LogP contribution in [0.2, 0.25) is 0 Å². The first-order valence-corrected chi connectivity index (χ1v) is 5.73. The molecule has 94 valence electrons. The van der Waals surface area contributed by atoms with E-state index in [4.69, 9.17) is 0 Å². The molecule has 2 rings (SSSR count). The molecule has 17 heavy (non-hydrogen) atoms. The lowest BCUT2D eigenvalue weighted by molar-refractivity contribution is -0.151. The zero-order valence-electron chi connectivity index (χ0n) is 10.1. The molecule has 1 fully saturated rings.